The lowest BCUT2D eigenvalue weighted by molar-refractivity contribution is -0.137. The predicted molar refractivity (Wildman–Crippen MR) is 84.3 cm³/mol. The third-order valence-corrected chi connectivity index (χ3v) is 3.46. The first-order valence-corrected chi connectivity index (χ1v) is 7.22. The molecule has 0 saturated heterocycles. The van der Waals surface area contributed by atoms with Gasteiger partial charge in [0, 0.05) is 18.9 Å². The first-order valence-electron chi connectivity index (χ1n) is 7.22. The van der Waals surface area contributed by atoms with Crippen molar-refractivity contribution in [1.82, 2.24) is 5.32 Å². The van der Waals surface area contributed by atoms with Crippen LogP contribution in [0.3, 0.4) is 0 Å². The van der Waals surface area contributed by atoms with Crippen LogP contribution in [-0.2, 0) is 16.1 Å². The molecule has 2 N–H and O–H groups in total. The number of nitrogens with one attached hydrogen (secondary N) is 1. The van der Waals surface area contributed by atoms with Crippen molar-refractivity contribution in [3.8, 4) is 0 Å². The summed E-state index contributed by atoms with van der Waals surface area (Å²) in [6, 6.07) is 18.9. The van der Waals surface area contributed by atoms with Crippen molar-refractivity contribution in [2.24, 2.45) is 0 Å². The van der Waals surface area contributed by atoms with Crippen molar-refractivity contribution in [2.75, 3.05) is 0 Å². The van der Waals surface area contributed by atoms with Crippen LogP contribution in [0.1, 0.15) is 29.9 Å². The number of aliphatic carboxylic acids is 1. The third-order valence-electron chi connectivity index (χ3n) is 3.46. The number of carboxylic acid groups (broad SMARTS) is 1. The maximum Gasteiger partial charge on any atom is 0.303 e. The van der Waals surface area contributed by atoms with Crippen LogP contribution in [0.25, 0.3) is 0 Å². The molecule has 4 heteroatoms. The largest absolute Gasteiger partial charge is 0.481 e. The van der Waals surface area contributed by atoms with E-state index in [0.717, 1.165) is 11.1 Å². The molecule has 2 aromatic rings. The molecule has 0 aliphatic carbocycles. The average molecular weight is 297 g/mol. The minimum absolute atomic E-state index is 0.0528. The summed E-state index contributed by atoms with van der Waals surface area (Å²) in [7, 11) is 0. The van der Waals surface area contributed by atoms with Gasteiger partial charge in [0.1, 0.15) is 0 Å². The van der Waals surface area contributed by atoms with Gasteiger partial charge in [0.15, 0.2) is 0 Å². The van der Waals surface area contributed by atoms with Gasteiger partial charge >= 0.3 is 5.97 Å². The number of carbonyl (C=O) groups excluding carboxylic acids is 1. The molecular weight excluding hydrogens is 278 g/mol. The van der Waals surface area contributed by atoms with Gasteiger partial charge in [0.05, 0.1) is 6.42 Å². The average Bonchev–Trinajstić information content (AvgIpc) is 2.54. The normalized spacial score (nSPS) is 11.6. The zero-order valence-corrected chi connectivity index (χ0v) is 12.2. The van der Waals surface area contributed by atoms with E-state index in [0.29, 0.717) is 6.54 Å². The summed E-state index contributed by atoms with van der Waals surface area (Å²) in [5.41, 5.74) is 1.89. The zero-order valence-electron chi connectivity index (χ0n) is 12.2. The lowest BCUT2D eigenvalue weighted by Gasteiger charge is -2.15. The van der Waals surface area contributed by atoms with Crippen LogP contribution in [0.4, 0.5) is 0 Å². The van der Waals surface area contributed by atoms with Crippen LogP contribution >= 0.6 is 0 Å². The highest BCUT2D eigenvalue weighted by molar-refractivity contribution is 5.78. The summed E-state index contributed by atoms with van der Waals surface area (Å²) in [6.07, 6.45) is 0.117. The zero-order chi connectivity index (χ0) is 15.8. The Hall–Kier alpha value is -2.62. The molecule has 0 fully saturated rings. The number of hydrogen-bond donors (Lipinski definition) is 2. The van der Waals surface area contributed by atoms with Gasteiger partial charge in [0.25, 0.3) is 0 Å². The van der Waals surface area contributed by atoms with Crippen LogP contribution in [-0.4, -0.2) is 17.0 Å². The molecule has 0 spiro atoms. The van der Waals surface area contributed by atoms with E-state index in [1.165, 1.54) is 0 Å². The molecule has 4 nitrogen and oxygen atoms in total. The molecule has 1 unspecified atom stereocenters. The Bertz CT molecular complexity index is 611. The lowest BCUT2D eigenvalue weighted by atomic mass is 9.92. The molecule has 22 heavy (non-hydrogen) atoms. The Morgan fingerprint density at radius 1 is 0.909 bits per heavy atom. The molecule has 114 valence electrons. The standard InChI is InChI=1S/C18H19NO3/c20-17(19-13-14-7-3-1-4-8-14)11-16(12-18(21)22)15-9-5-2-6-10-15/h1-10,16H,11-13H2,(H,19,20)(H,21,22). The summed E-state index contributed by atoms with van der Waals surface area (Å²) in [4.78, 5) is 23.1. The van der Waals surface area contributed by atoms with Gasteiger partial charge in [-0.05, 0) is 11.1 Å². The molecule has 1 atom stereocenters. The molecule has 0 aliphatic heterocycles. The monoisotopic (exact) mass is 297 g/mol. The fraction of sp³-hybridized carbons (Fsp3) is 0.222. The molecule has 0 saturated carbocycles. The molecule has 0 bridgehead atoms. The number of carbonyl (C=O) groups is 2. The Balaban J connectivity index is 1.95. The highest BCUT2D eigenvalue weighted by Crippen LogP contribution is 2.23. The predicted octanol–water partition coefficient (Wildman–Crippen LogP) is 2.95. The molecule has 0 radical (unpaired) electrons. The van der Waals surface area contributed by atoms with E-state index < -0.39 is 5.97 Å². The Morgan fingerprint density at radius 2 is 1.50 bits per heavy atom. The third kappa shape index (κ3) is 5.05. The maximum absolute atomic E-state index is 12.1. The first-order chi connectivity index (χ1) is 10.6. The number of amides is 1. The van der Waals surface area contributed by atoms with Crippen molar-refractivity contribution in [2.45, 2.75) is 25.3 Å². The smallest absolute Gasteiger partial charge is 0.303 e. The van der Waals surface area contributed by atoms with E-state index in [2.05, 4.69) is 5.32 Å². The van der Waals surface area contributed by atoms with Gasteiger partial charge in [-0.15, -0.1) is 0 Å². The van der Waals surface area contributed by atoms with Crippen molar-refractivity contribution in [1.29, 1.82) is 0 Å². The van der Waals surface area contributed by atoms with E-state index in [1.807, 2.05) is 60.7 Å². The van der Waals surface area contributed by atoms with E-state index in [4.69, 9.17) is 5.11 Å². The minimum Gasteiger partial charge on any atom is -0.481 e. The number of benzene rings is 2. The highest BCUT2D eigenvalue weighted by Gasteiger charge is 2.19. The van der Waals surface area contributed by atoms with Crippen molar-refractivity contribution in [3.05, 3.63) is 71.8 Å². The lowest BCUT2D eigenvalue weighted by Crippen LogP contribution is -2.25. The number of rotatable bonds is 7. The van der Waals surface area contributed by atoms with E-state index >= 15 is 0 Å². The van der Waals surface area contributed by atoms with Crippen LogP contribution in [0.2, 0.25) is 0 Å². The Kier molecular flexibility index (Phi) is 5.72. The highest BCUT2D eigenvalue weighted by atomic mass is 16.4. The molecule has 0 aromatic heterocycles. The van der Waals surface area contributed by atoms with Gasteiger partial charge < -0.3 is 10.4 Å². The van der Waals surface area contributed by atoms with Crippen LogP contribution < -0.4 is 5.32 Å². The maximum atomic E-state index is 12.1. The topological polar surface area (TPSA) is 66.4 Å². The Morgan fingerprint density at radius 3 is 2.09 bits per heavy atom. The summed E-state index contributed by atoms with van der Waals surface area (Å²) >= 11 is 0. The fourth-order valence-electron chi connectivity index (χ4n) is 2.34. The molecule has 2 rings (SSSR count). The van der Waals surface area contributed by atoms with Crippen molar-refractivity contribution < 1.29 is 14.7 Å². The Labute approximate surface area is 129 Å². The van der Waals surface area contributed by atoms with Gasteiger partial charge in [-0.2, -0.15) is 0 Å². The summed E-state index contributed by atoms with van der Waals surface area (Å²) < 4.78 is 0. The van der Waals surface area contributed by atoms with E-state index in [1.54, 1.807) is 0 Å². The second-order valence-electron chi connectivity index (χ2n) is 5.17. The van der Waals surface area contributed by atoms with Crippen LogP contribution in [0, 0.1) is 0 Å². The summed E-state index contributed by atoms with van der Waals surface area (Å²) in [5.74, 6) is -1.35. The van der Waals surface area contributed by atoms with Crippen molar-refractivity contribution in [3.63, 3.8) is 0 Å². The number of hydrogen-bond acceptors (Lipinski definition) is 2. The molecule has 0 heterocycles. The molecule has 2 aromatic carbocycles. The van der Waals surface area contributed by atoms with E-state index in [-0.39, 0.29) is 24.7 Å². The van der Waals surface area contributed by atoms with Crippen LogP contribution in [0.15, 0.2) is 60.7 Å². The van der Waals surface area contributed by atoms with Gasteiger partial charge in [-0.25, -0.2) is 0 Å². The molecular formula is C18H19NO3. The van der Waals surface area contributed by atoms with Crippen molar-refractivity contribution >= 4 is 11.9 Å². The molecule has 1 amide bonds. The van der Waals surface area contributed by atoms with Gasteiger partial charge in [0.2, 0.25) is 5.91 Å². The SMILES string of the molecule is O=C(O)CC(CC(=O)NCc1ccccc1)c1ccccc1. The molecule has 0 aliphatic rings. The fourth-order valence-corrected chi connectivity index (χ4v) is 2.34. The number of carboxylic acids is 1. The second kappa shape index (κ2) is 7.98. The summed E-state index contributed by atoms with van der Waals surface area (Å²) in [5, 5.41) is 11.9. The van der Waals surface area contributed by atoms with Gasteiger partial charge in [-0.3, -0.25) is 9.59 Å². The quantitative estimate of drug-likeness (QED) is 0.825. The second-order valence-corrected chi connectivity index (χ2v) is 5.17. The first kappa shape index (κ1) is 15.8. The van der Waals surface area contributed by atoms with E-state index in [9.17, 15) is 9.59 Å². The summed E-state index contributed by atoms with van der Waals surface area (Å²) in [6.45, 7) is 0.453. The minimum atomic E-state index is -0.898. The van der Waals surface area contributed by atoms with Crippen LogP contribution in [0.5, 0.6) is 0 Å². The van der Waals surface area contributed by atoms with Gasteiger partial charge in [-0.1, -0.05) is 60.7 Å².